The van der Waals surface area contributed by atoms with Gasteiger partial charge in [-0.3, -0.25) is 8.98 Å². The molecule has 0 spiro atoms. The van der Waals surface area contributed by atoms with Crippen LogP contribution < -0.4 is 15.4 Å². The molecule has 0 fully saturated rings. The minimum atomic E-state index is -3.50. The lowest BCUT2D eigenvalue weighted by Crippen LogP contribution is -2.31. The molecular weight excluding hydrogens is 412 g/mol. The van der Waals surface area contributed by atoms with E-state index in [1.165, 1.54) is 0 Å². The van der Waals surface area contributed by atoms with Gasteiger partial charge >= 0.3 is 5.97 Å². The number of nitrogens with two attached hydrogens (primary N) is 1. The van der Waals surface area contributed by atoms with Crippen molar-refractivity contribution < 1.29 is 22.1 Å². The number of aryl methyl sites for hydroxylation is 1. The van der Waals surface area contributed by atoms with Crippen LogP contribution in [0.15, 0.2) is 12.1 Å². The largest absolute Gasteiger partial charge is 0.424 e. The molecule has 0 atom stereocenters. The van der Waals surface area contributed by atoms with E-state index >= 15 is 0 Å². The molecule has 142 valence electrons. The Hall–Kier alpha value is -1.32. The highest BCUT2D eigenvalue weighted by Gasteiger charge is 2.18. The number of alkyl halides is 1. The molecule has 9 heteroatoms. The highest BCUT2D eigenvalue weighted by Crippen LogP contribution is 2.35. The summed E-state index contributed by atoms with van der Waals surface area (Å²) >= 11 is 3.37. The Morgan fingerprint density at radius 2 is 2.00 bits per heavy atom. The van der Waals surface area contributed by atoms with Crippen LogP contribution in [0.5, 0.6) is 5.75 Å². The molecule has 1 rings (SSSR count). The lowest BCUT2D eigenvalue weighted by Gasteiger charge is -2.26. The second-order valence-corrected chi connectivity index (χ2v) is 8.01. The fourth-order valence-corrected chi connectivity index (χ4v) is 3.04. The number of halogens is 1. The van der Waals surface area contributed by atoms with Gasteiger partial charge in [-0.2, -0.15) is 8.42 Å². The molecule has 1 aromatic carbocycles. The van der Waals surface area contributed by atoms with Gasteiger partial charge in [0.1, 0.15) is 0 Å². The normalized spacial score (nSPS) is 11.4. The number of benzene rings is 1. The van der Waals surface area contributed by atoms with E-state index in [1.54, 1.807) is 0 Å². The number of ether oxygens (including phenoxy) is 1. The first-order valence-corrected chi connectivity index (χ1v) is 10.9. The Bertz CT molecular complexity index is 694. The molecule has 0 bridgehead atoms. The maximum absolute atomic E-state index is 11.8. The standard InChI is InChI=1S/C16H25BrN2O5S/c1-4-5-14(20)24-16-12(2)6-7-13(15(16)18)19(9-8-17)10-11-23-25(3,21)22/h6-7H,4-5,8-11,18H2,1-3H3. The molecule has 0 heterocycles. The summed E-state index contributed by atoms with van der Waals surface area (Å²) in [6.07, 6.45) is 2.01. The van der Waals surface area contributed by atoms with E-state index < -0.39 is 10.1 Å². The van der Waals surface area contributed by atoms with E-state index in [-0.39, 0.29) is 12.6 Å². The Kier molecular flexibility index (Phi) is 8.67. The highest BCUT2D eigenvalue weighted by atomic mass is 79.9. The zero-order valence-corrected chi connectivity index (χ0v) is 17.2. The first-order valence-electron chi connectivity index (χ1n) is 7.94. The average Bonchev–Trinajstić information content (AvgIpc) is 2.50. The van der Waals surface area contributed by atoms with Crippen molar-refractivity contribution in [2.45, 2.75) is 26.7 Å². The number of rotatable bonds is 10. The van der Waals surface area contributed by atoms with Gasteiger partial charge < -0.3 is 15.4 Å². The van der Waals surface area contributed by atoms with Gasteiger partial charge in [-0.1, -0.05) is 28.9 Å². The lowest BCUT2D eigenvalue weighted by atomic mass is 10.1. The topological polar surface area (TPSA) is 98.9 Å². The molecular formula is C16H25BrN2O5S. The van der Waals surface area contributed by atoms with E-state index in [0.29, 0.717) is 48.4 Å². The number of hydrogen-bond acceptors (Lipinski definition) is 7. The Morgan fingerprint density at radius 3 is 2.56 bits per heavy atom. The summed E-state index contributed by atoms with van der Waals surface area (Å²) in [7, 11) is -3.50. The first kappa shape index (κ1) is 21.7. The molecule has 0 aliphatic rings. The third-order valence-corrected chi connectivity index (χ3v) is 4.34. The molecule has 0 unspecified atom stereocenters. The van der Waals surface area contributed by atoms with Gasteiger partial charge in [-0.05, 0) is 25.0 Å². The van der Waals surface area contributed by atoms with Crippen molar-refractivity contribution in [3.8, 4) is 5.75 Å². The van der Waals surface area contributed by atoms with Gasteiger partial charge in [0.05, 0.1) is 24.2 Å². The molecule has 0 saturated heterocycles. The number of hydrogen-bond donors (Lipinski definition) is 1. The maximum Gasteiger partial charge on any atom is 0.311 e. The summed E-state index contributed by atoms with van der Waals surface area (Å²) in [4.78, 5) is 13.7. The number of carbonyl (C=O) groups is 1. The van der Waals surface area contributed by atoms with Gasteiger partial charge in [0.15, 0.2) is 5.75 Å². The molecule has 0 aromatic heterocycles. The minimum Gasteiger partial charge on any atom is -0.424 e. The van der Waals surface area contributed by atoms with Crippen LogP contribution in [-0.4, -0.2) is 45.7 Å². The van der Waals surface area contributed by atoms with Crippen LogP contribution in [0.2, 0.25) is 0 Å². The molecule has 25 heavy (non-hydrogen) atoms. The van der Waals surface area contributed by atoms with E-state index in [0.717, 1.165) is 11.8 Å². The summed E-state index contributed by atoms with van der Waals surface area (Å²) in [5.41, 5.74) is 8.00. The average molecular weight is 437 g/mol. The number of esters is 1. The van der Waals surface area contributed by atoms with Crippen molar-refractivity contribution >= 4 is 43.4 Å². The number of anilines is 2. The van der Waals surface area contributed by atoms with Crippen molar-refractivity contribution in [2.75, 3.05) is 41.9 Å². The van der Waals surface area contributed by atoms with Crippen LogP contribution >= 0.6 is 15.9 Å². The summed E-state index contributed by atoms with van der Waals surface area (Å²) in [6.45, 7) is 4.63. The maximum atomic E-state index is 11.8. The predicted molar refractivity (Wildman–Crippen MR) is 103 cm³/mol. The Morgan fingerprint density at radius 1 is 1.32 bits per heavy atom. The van der Waals surface area contributed by atoms with E-state index in [4.69, 9.17) is 14.7 Å². The zero-order valence-electron chi connectivity index (χ0n) is 14.7. The SMILES string of the molecule is CCCC(=O)Oc1c(C)ccc(N(CCBr)CCOS(C)(=O)=O)c1N. The molecule has 2 N–H and O–H groups in total. The van der Waals surface area contributed by atoms with E-state index in [9.17, 15) is 13.2 Å². The van der Waals surface area contributed by atoms with Crippen LogP contribution in [0.4, 0.5) is 11.4 Å². The molecule has 0 amide bonds. The quantitative estimate of drug-likeness (QED) is 0.197. The molecule has 1 aromatic rings. The van der Waals surface area contributed by atoms with Gasteiger partial charge in [0.25, 0.3) is 10.1 Å². The number of nitrogen functional groups attached to an aromatic ring is 1. The fraction of sp³-hybridized carbons (Fsp3) is 0.562. The van der Waals surface area contributed by atoms with E-state index in [2.05, 4.69) is 15.9 Å². The van der Waals surface area contributed by atoms with Gasteiger partial charge in [-0.25, -0.2) is 0 Å². The third-order valence-electron chi connectivity index (χ3n) is 3.39. The third kappa shape index (κ3) is 7.21. The summed E-state index contributed by atoms with van der Waals surface area (Å²) < 4.78 is 32.5. The van der Waals surface area contributed by atoms with Crippen LogP contribution in [0.25, 0.3) is 0 Å². The zero-order chi connectivity index (χ0) is 19.0. The highest BCUT2D eigenvalue weighted by molar-refractivity contribution is 9.09. The molecule has 0 aliphatic carbocycles. The smallest absolute Gasteiger partial charge is 0.311 e. The second kappa shape index (κ2) is 9.98. The monoisotopic (exact) mass is 436 g/mol. The van der Waals surface area contributed by atoms with Crippen LogP contribution in [0.3, 0.4) is 0 Å². The van der Waals surface area contributed by atoms with Crippen molar-refractivity contribution in [2.24, 2.45) is 0 Å². The fourth-order valence-electron chi connectivity index (χ4n) is 2.23. The van der Waals surface area contributed by atoms with Crippen LogP contribution in [0, 0.1) is 6.92 Å². The summed E-state index contributed by atoms with van der Waals surface area (Å²) in [5.74, 6) is 0.0152. The van der Waals surface area contributed by atoms with Crippen molar-refractivity contribution in [3.63, 3.8) is 0 Å². The molecule has 7 nitrogen and oxygen atoms in total. The van der Waals surface area contributed by atoms with Crippen molar-refractivity contribution in [1.82, 2.24) is 0 Å². The predicted octanol–water partition coefficient (Wildman–Crippen LogP) is 2.46. The van der Waals surface area contributed by atoms with Gasteiger partial charge in [0, 0.05) is 24.8 Å². The minimum absolute atomic E-state index is 0.00407. The molecule has 0 aliphatic heterocycles. The second-order valence-electron chi connectivity index (χ2n) is 5.57. The molecule has 0 radical (unpaired) electrons. The molecule has 0 saturated carbocycles. The first-order chi connectivity index (χ1) is 11.7. The van der Waals surface area contributed by atoms with E-state index in [1.807, 2.05) is 30.9 Å². The van der Waals surface area contributed by atoms with Crippen LogP contribution in [-0.2, 0) is 19.1 Å². The lowest BCUT2D eigenvalue weighted by molar-refractivity contribution is -0.134. The van der Waals surface area contributed by atoms with Gasteiger partial charge in [-0.15, -0.1) is 0 Å². The Balaban J connectivity index is 3.04. The number of nitrogens with zero attached hydrogens (tertiary/aromatic N) is 1. The summed E-state index contributed by atoms with van der Waals surface area (Å²) in [6, 6.07) is 3.64. The van der Waals surface area contributed by atoms with Crippen LogP contribution in [0.1, 0.15) is 25.3 Å². The van der Waals surface area contributed by atoms with Crippen molar-refractivity contribution in [1.29, 1.82) is 0 Å². The summed E-state index contributed by atoms with van der Waals surface area (Å²) in [5, 5.41) is 0.657. The Labute approximate surface area is 157 Å². The number of carbonyl (C=O) groups excluding carboxylic acids is 1. The van der Waals surface area contributed by atoms with Gasteiger partial charge in [0.2, 0.25) is 0 Å². The van der Waals surface area contributed by atoms with Crippen molar-refractivity contribution in [3.05, 3.63) is 17.7 Å².